The zero-order valence-corrected chi connectivity index (χ0v) is 13.8. The summed E-state index contributed by atoms with van der Waals surface area (Å²) in [7, 11) is 1.93. The number of carbonyl (C=O) groups is 1. The van der Waals surface area contributed by atoms with Gasteiger partial charge in [-0.05, 0) is 23.8 Å². The number of benzene rings is 1. The molecular weight excluding hydrogens is 288 g/mol. The molecule has 1 N–H and O–H groups in total. The van der Waals surface area contributed by atoms with Gasteiger partial charge < -0.3 is 14.8 Å². The van der Waals surface area contributed by atoms with Gasteiger partial charge in [0.25, 0.3) is 0 Å². The highest BCUT2D eigenvalue weighted by Crippen LogP contribution is 2.32. The summed E-state index contributed by atoms with van der Waals surface area (Å²) < 4.78 is 1.92. The summed E-state index contributed by atoms with van der Waals surface area (Å²) in [6.45, 7) is 4.30. The molecule has 0 bridgehead atoms. The van der Waals surface area contributed by atoms with Crippen molar-refractivity contribution in [1.82, 2.24) is 19.8 Å². The van der Waals surface area contributed by atoms with Crippen molar-refractivity contribution in [2.75, 3.05) is 13.1 Å². The fourth-order valence-corrected chi connectivity index (χ4v) is 3.36. The van der Waals surface area contributed by atoms with Crippen molar-refractivity contribution >= 4 is 6.03 Å². The maximum atomic E-state index is 12.4. The molecule has 2 amide bonds. The summed E-state index contributed by atoms with van der Waals surface area (Å²) in [5.74, 6) is 1.87. The second-order valence-corrected chi connectivity index (χ2v) is 6.34. The van der Waals surface area contributed by atoms with Crippen LogP contribution in [-0.2, 0) is 13.6 Å². The Morgan fingerprint density at radius 1 is 1.35 bits per heavy atom. The van der Waals surface area contributed by atoms with E-state index in [9.17, 15) is 4.79 Å². The molecule has 0 saturated carbocycles. The van der Waals surface area contributed by atoms with E-state index in [0.29, 0.717) is 18.4 Å². The van der Waals surface area contributed by atoms with Gasteiger partial charge in [0.1, 0.15) is 5.82 Å². The third kappa shape index (κ3) is 3.55. The number of aromatic nitrogens is 2. The highest BCUT2D eigenvalue weighted by molar-refractivity contribution is 5.74. The molecule has 0 radical (unpaired) electrons. The molecular formula is C18H24N4O. The minimum Gasteiger partial charge on any atom is -0.337 e. The van der Waals surface area contributed by atoms with Crippen molar-refractivity contribution in [3.63, 3.8) is 0 Å². The minimum atomic E-state index is 0.00589. The molecule has 5 heteroatoms. The van der Waals surface area contributed by atoms with Crippen LogP contribution in [-0.4, -0.2) is 33.6 Å². The molecule has 5 nitrogen and oxygen atoms in total. The van der Waals surface area contributed by atoms with Gasteiger partial charge in [0.15, 0.2) is 0 Å². The van der Waals surface area contributed by atoms with Crippen LogP contribution in [0.3, 0.4) is 0 Å². The number of nitrogens with one attached hydrogen (secondary N) is 1. The summed E-state index contributed by atoms with van der Waals surface area (Å²) in [5.41, 5.74) is 1.38. The Hall–Kier alpha value is -2.30. The highest BCUT2D eigenvalue weighted by Gasteiger charge is 2.29. The summed E-state index contributed by atoms with van der Waals surface area (Å²) >= 11 is 0. The van der Waals surface area contributed by atoms with Gasteiger partial charge in [-0.1, -0.05) is 37.3 Å². The van der Waals surface area contributed by atoms with E-state index in [-0.39, 0.29) is 6.03 Å². The Bertz CT molecular complexity index is 652. The molecule has 3 rings (SSSR count). The smallest absolute Gasteiger partial charge is 0.317 e. The maximum absolute atomic E-state index is 12.4. The van der Waals surface area contributed by atoms with Crippen LogP contribution >= 0.6 is 0 Å². The van der Waals surface area contributed by atoms with Crippen LogP contribution in [0.15, 0.2) is 42.7 Å². The molecule has 1 saturated heterocycles. The fourth-order valence-electron chi connectivity index (χ4n) is 3.36. The number of piperidine rings is 1. The first-order valence-electron chi connectivity index (χ1n) is 8.19. The monoisotopic (exact) mass is 312 g/mol. The number of likely N-dealkylation sites (tertiary alicyclic amines) is 1. The van der Waals surface area contributed by atoms with Gasteiger partial charge in [-0.25, -0.2) is 9.78 Å². The van der Waals surface area contributed by atoms with Crippen LogP contribution in [0.1, 0.15) is 30.7 Å². The van der Waals surface area contributed by atoms with Crippen molar-refractivity contribution in [1.29, 1.82) is 0 Å². The van der Waals surface area contributed by atoms with Crippen molar-refractivity contribution in [3.05, 3.63) is 54.1 Å². The van der Waals surface area contributed by atoms with Gasteiger partial charge in [-0.2, -0.15) is 0 Å². The zero-order valence-electron chi connectivity index (χ0n) is 13.8. The topological polar surface area (TPSA) is 50.2 Å². The summed E-state index contributed by atoms with van der Waals surface area (Å²) in [6.07, 6.45) is 4.64. The highest BCUT2D eigenvalue weighted by atomic mass is 16.2. The first kappa shape index (κ1) is 15.6. The quantitative estimate of drug-likeness (QED) is 0.947. The molecule has 1 aromatic heterocycles. The zero-order chi connectivity index (χ0) is 16.2. The van der Waals surface area contributed by atoms with Crippen LogP contribution in [0.25, 0.3) is 0 Å². The molecule has 23 heavy (non-hydrogen) atoms. The molecule has 0 spiro atoms. The van der Waals surface area contributed by atoms with E-state index in [2.05, 4.69) is 41.5 Å². The predicted octanol–water partition coefficient (Wildman–Crippen LogP) is 2.76. The van der Waals surface area contributed by atoms with Crippen molar-refractivity contribution < 1.29 is 4.79 Å². The number of nitrogens with zero attached hydrogens (tertiary/aromatic N) is 3. The largest absolute Gasteiger partial charge is 0.337 e. The number of urea groups is 1. The average Bonchev–Trinajstić information content (AvgIpc) is 2.98. The number of hydrogen-bond donors (Lipinski definition) is 1. The lowest BCUT2D eigenvalue weighted by Gasteiger charge is -2.37. The number of carbonyl (C=O) groups excluding carboxylic acids is 1. The normalized spacial score (nSPS) is 21.2. The number of hydrogen-bond acceptors (Lipinski definition) is 2. The second kappa shape index (κ2) is 6.86. The molecule has 0 aliphatic carbocycles. The lowest BCUT2D eigenvalue weighted by Crippen LogP contribution is -2.46. The Kier molecular flexibility index (Phi) is 4.65. The number of rotatable bonds is 3. The van der Waals surface area contributed by atoms with Crippen molar-refractivity contribution in [2.45, 2.75) is 25.8 Å². The Morgan fingerprint density at radius 3 is 2.78 bits per heavy atom. The van der Waals surface area contributed by atoms with Gasteiger partial charge in [0, 0.05) is 32.5 Å². The molecule has 1 aliphatic heterocycles. The molecule has 2 atom stereocenters. The first-order valence-corrected chi connectivity index (χ1v) is 8.19. The predicted molar refractivity (Wildman–Crippen MR) is 90.0 cm³/mol. The lowest BCUT2D eigenvalue weighted by molar-refractivity contribution is 0.159. The average molecular weight is 312 g/mol. The van der Waals surface area contributed by atoms with Crippen LogP contribution in [0.4, 0.5) is 4.79 Å². The van der Waals surface area contributed by atoms with Crippen molar-refractivity contribution in [3.8, 4) is 0 Å². The first-order chi connectivity index (χ1) is 11.1. The summed E-state index contributed by atoms with van der Waals surface area (Å²) in [4.78, 5) is 18.5. The van der Waals surface area contributed by atoms with E-state index in [4.69, 9.17) is 0 Å². The second-order valence-electron chi connectivity index (χ2n) is 6.34. The number of aryl methyl sites for hydroxylation is 1. The number of imidazole rings is 1. The van der Waals surface area contributed by atoms with E-state index in [0.717, 1.165) is 25.3 Å². The maximum Gasteiger partial charge on any atom is 0.317 e. The van der Waals surface area contributed by atoms with Gasteiger partial charge >= 0.3 is 6.03 Å². The van der Waals surface area contributed by atoms with Crippen LogP contribution in [0.5, 0.6) is 0 Å². The molecule has 2 aromatic rings. The molecule has 0 unspecified atom stereocenters. The van der Waals surface area contributed by atoms with Crippen molar-refractivity contribution in [2.24, 2.45) is 13.0 Å². The van der Waals surface area contributed by atoms with Gasteiger partial charge in [-0.15, -0.1) is 0 Å². The minimum absolute atomic E-state index is 0.00589. The SMILES string of the molecule is C[C@@H]1CN(C(=O)NCc2nccn2C)CC[C@@H]1c1ccccc1. The molecule has 1 aromatic carbocycles. The summed E-state index contributed by atoms with van der Waals surface area (Å²) in [6, 6.07) is 10.6. The Morgan fingerprint density at radius 2 is 2.13 bits per heavy atom. The molecule has 2 heterocycles. The van der Waals surface area contributed by atoms with Crippen LogP contribution < -0.4 is 5.32 Å². The molecule has 1 fully saturated rings. The Balaban J connectivity index is 1.55. The lowest BCUT2D eigenvalue weighted by atomic mass is 9.82. The van der Waals surface area contributed by atoms with E-state index >= 15 is 0 Å². The molecule has 1 aliphatic rings. The third-order valence-corrected chi connectivity index (χ3v) is 4.74. The van der Waals surface area contributed by atoms with E-state index in [1.807, 2.05) is 28.8 Å². The van der Waals surface area contributed by atoms with E-state index in [1.54, 1.807) is 6.20 Å². The van der Waals surface area contributed by atoms with Crippen LogP contribution in [0.2, 0.25) is 0 Å². The van der Waals surface area contributed by atoms with E-state index in [1.165, 1.54) is 5.56 Å². The van der Waals surface area contributed by atoms with Gasteiger partial charge in [0.05, 0.1) is 6.54 Å². The van der Waals surface area contributed by atoms with Crippen LogP contribution in [0, 0.1) is 5.92 Å². The van der Waals surface area contributed by atoms with E-state index < -0.39 is 0 Å². The summed E-state index contributed by atoms with van der Waals surface area (Å²) in [5, 5.41) is 2.97. The Labute approximate surface area is 137 Å². The standard InChI is InChI=1S/C18H24N4O/c1-14-13-22(10-8-16(14)15-6-4-3-5-7-15)18(23)20-12-17-19-9-11-21(17)2/h3-7,9,11,14,16H,8,10,12-13H2,1-2H3,(H,20,23)/t14-,16+/m1/s1. The number of amides is 2. The van der Waals surface area contributed by atoms with Gasteiger partial charge in [-0.3, -0.25) is 0 Å². The van der Waals surface area contributed by atoms with Gasteiger partial charge in [0.2, 0.25) is 0 Å². The molecule has 122 valence electrons. The third-order valence-electron chi connectivity index (χ3n) is 4.74. The fraction of sp³-hybridized carbons (Fsp3) is 0.444.